The van der Waals surface area contributed by atoms with Crippen LogP contribution in [0, 0.1) is 0 Å². The van der Waals surface area contributed by atoms with E-state index >= 15 is 0 Å². The maximum Gasteiger partial charge on any atom is 0.272 e. The molecule has 1 fully saturated rings. The van der Waals surface area contributed by atoms with Crippen LogP contribution in [0.5, 0.6) is 0 Å². The van der Waals surface area contributed by atoms with Crippen LogP contribution in [0.25, 0.3) is 5.78 Å². The smallest absolute Gasteiger partial charge is 0.272 e. The molecule has 0 spiro atoms. The Morgan fingerprint density at radius 3 is 3.04 bits per heavy atom. The van der Waals surface area contributed by atoms with Crippen molar-refractivity contribution in [1.29, 1.82) is 0 Å². The van der Waals surface area contributed by atoms with E-state index in [9.17, 15) is 4.79 Å². The lowest BCUT2D eigenvalue weighted by molar-refractivity contribution is 0.0699. The van der Waals surface area contributed by atoms with Gasteiger partial charge in [0.15, 0.2) is 0 Å². The summed E-state index contributed by atoms with van der Waals surface area (Å²) >= 11 is 0. The third kappa shape index (κ3) is 3.20. The maximum atomic E-state index is 13.2. The topological polar surface area (TPSA) is 92.1 Å². The van der Waals surface area contributed by atoms with Crippen LogP contribution < -0.4 is 0 Å². The van der Waals surface area contributed by atoms with E-state index in [1.165, 1.54) is 17.6 Å². The second kappa shape index (κ2) is 7.09. The van der Waals surface area contributed by atoms with Gasteiger partial charge in [0.05, 0.1) is 11.9 Å². The number of H-pyrrole nitrogens is 1. The molecule has 0 bridgehead atoms. The minimum atomic E-state index is -0.0373. The minimum Gasteiger partial charge on any atom is -0.337 e. The Kier molecular flexibility index (Phi) is 4.63. The number of aromatic amines is 1. The molecule has 3 aromatic heterocycles. The van der Waals surface area contributed by atoms with Crippen LogP contribution in [0.15, 0.2) is 18.6 Å². The summed E-state index contributed by atoms with van der Waals surface area (Å²) in [4.78, 5) is 23.7. The third-order valence-corrected chi connectivity index (χ3v) is 5.34. The van der Waals surface area contributed by atoms with Crippen molar-refractivity contribution in [3.05, 3.63) is 41.2 Å². The molecule has 0 aromatic carbocycles. The monoisotopic (exact) mass is 367 g/mol. The molecule has 1 amide bonds. The summed E-state index contributed by atoms with van der Waals surface area (Å²) in [6, 6.07) is 1.85. The molecule has 0 saturated carbocycles. The number of hydrogen-bond donors (Lipinski definition) is 1. The van der Waals surface area contributed by atoms with E-state index in [0.29, 0.717) is 23.9 Å². The fraction of sp³-hybridized carbons (Fsp3) is 0.526. The van der Waals surface area contributed by atoms with E-state index in [-0.39, 0.29) is 11.8 Å². The zero-order valence-corrected chi connectivity index (χ0v) is 16.0. The molecule has 1 atom stereocenters. The largest absolute Gasteiger partial charge is 0.337 e. The van der Waals surface area contributed by atoms with Gasteiger partial charge in [0.25, 0.3) is 11.7 Å². The molecule has 27 heavy (non-hydrogen) atoms. The predicted molar refractivity (Wildman–Crippen MR) is 101 cm³/mol. The minimum absolute atomic E-state index is 0.0373. The second-order valence-corrected chi connectivity index (χ2v) is 7.45. The Bertz CT molecular complexity index is 958. The number of nitrogens with one attached hydrogen (secondary N) is 1. The van der Waals surface area contributed by atoms with E-state index in [1.54, 1.807) is 4.52 Å². The quantitative estimate of drug-likeness (QED) is 0.765. The molecule has 8 nitrogen and oxygen atoms in total. The number of fused-ring (bicyclic) bond motifs is 1. The van der Waals surface area contributed by atoms with Crippen molar-refractivity contribution in [2.45, 2.75) is 51.9 Å². The lowest BCUT2D eigenvalue weighted by Gasteiger charge is -2.32. The first-order chi connectivity index (χ1) is 13.1. The number of nitrogens with zero attached hydrogens (tertiary/aromatic N) is 6. The summed E-state index contributed by atoms with van der Waals surface area (Å²) in [6.45, 7) is 7.72. The fourth-order valence-electron chi connectivity index (χ4n) is 3.87. The standard InChI is InChI=1S/C19H25N7O/c1-4-13-9-21-24-17(13)14-6-5-7-25(10-14)18(27)15-8-16(12(2)3)26-19(23-15)20-11-22-26/h8-9,11-12,14H,4-7,10H2,1-3H3,(H,21,24). The summed E-state index contributed by atoms with van der Waals surface area (Å²) in [6.07, 6.45) is 6.35. The number of hydrogen-bond acceptors (Lipinski definition) is 5. The van der Waals surface area contributed by atoms with Crippen molar-refractivity contribution in [3.63, 3.8) is 0 Å². The van der Waals surface area contributed by atoms with Gasteiger partial charge in [-0.1, -0.05) is 20.8 Å². The molecule has 1 unspecified atom stereocenters. The number of likely N-dealkylation sites (tertiary alicyclic amines) is 1. The summed E-state index contributed by atoms with van der Waals surface area (Å²) in [7, 11) is 0. The first-order valence-corrected chi connectivity index (χ1v) is 9.60. The van der Waals surface area contributed by atoms with Gasteiger partial charge in [0.2, 0.25) is 0 Å². The number of amides is 1. The molecule has 4 rings (SSSR count). The first kappa shape index (κ1) is 17.6. The molecular formula is C19H25N7O. The number of rotatable bonds is 4. The summed E-state index contributed by atoms with van der Waals surface area (Å²) in [5.41, 5.74) is 3.79. The number of piperidine rings is 1. The first-order valence-electron chi connectivity index (χ1n) is 9.60. The Morgan fingerprint density at radius 1 is 1.41 bits per heavy atom. The van der Waals surface area contributed by atoms with Gasteiger partial charge in [-0.2, -0.15) is 15.2 Å². The Labute approximate surface area is 158 Å². The van der Waals surface area contributed by atoms with Crippen molar-refractivity contribution in [2.24, 2.45) is 0 Å². The van der Waals surface area contributed by atoms with Gasteiger partial charge in [-0.15, -0.1) is 0 Å². The van der Waals surface area contributed by atoms with Crippen LogP contribution in [0.2, 0.25) is 0 Å². The maximum absolute atomic E-state index is 13.2. The summed E-state index contributed by atoms with van der Waals surface area (Å²) in [5.74, 6) is 0.945. The van der Waals surface area contributed by atoms with Crippen molar-refractivity contribution in [3.8, 4) is 0 Å². The zero-order valence-electron chi connectivity index (χ0n) is 16.0. The SMILES string of the molecule is CCc1cn[nH]c1C1CCCN(C(=O)c2cc(C(C)C)n3ncnc3n2)C1. The van der Waals surface area contributed by atoms with Crippen LogP contribution >= 0.6 is 0 Å². The van der Waals surface area contributed by atoms with Gasteiger partial charge >= 0.3 is 0 Å². The Balaban J connectivity index is 1.61. The van der Waals surface area contributed by atoms with E-state index in [0.717, 1.165) is 31.5 Å². The van der Waals surface area contributed by atoms with Gasteiger partial charge < -0.3 is 4.90 Å². The highest BCUT2D eigenvalue weighted by atomic mass is 16.2. The Hall–Kier alpha value is -2.77. The molecule has 4 heterocycles. The van der Waals surface area contributed by atoms with E-state index in [4.69, 9.17) is 0 Å². The molecule has 1 N–H and O–H groups in total. The molecule has 1 saturated heterocycles. The lowest BCUT2D eigenvalue weighted by atomic mass is 9.92. The van der Waals surface area contributed by atoms with Crippen LogP contribution in [-0.4, -0.2) is 53.7 Å². The predicted octanol–water partition coefficient (Wildman–Crippen LogP) is 2.55. The highest BCUT2D eigenvalue weighted by molar-refractivity contribution is 5.93. The fourth-order valence-corrected chi connectivity index (χ4v) is 3.87. The molecular weight excluding hydrogens is 342 g/mol. The van der Waals surface area contributed by atoms with E-state index < -0.39 is 0 Å². The van der Waals surface area contributed by atoms with Crippen LogP contribution in [-0.2, 0) is 6.42 Å². The normalized spacial score (nSPS) is 17.8. The summed E-state index contributed by atoms with van der Waals surface area (Å²) < 4.78 is 1.71. The van der Waals surface area contributed by atoms with Gasteiger partial charge in [-0.05, 0) is 36.8 Å². The van der Waals surface area contributed by atoms with Crippen molar-refractivity contribution < 1.29 is 4.79 Å². The van der Waals surface area contributed by atoms with E-state index in [1.807, 2.05) is 17.2 Å². The molecule has 0 aliphatic carbocycles. The van der Waals surface area contributed by atoms with Crippen molar-refractivity contribution in [2.75, 3.05) is 13.1 Å². The highest BCUT2D eigenvalue weighted by Crippen LogP contribution is 2.29. The van der Waals surface area contributed by atoms with Crippen LogP contribution in [0.3, 0.4) is 0 Å². The average molecular weight is 367 g/mol. The van der Waals surface area contributed by atoms with Crippen molar-refractivity contribution in [1.82, 2.24) is 34.7 Å². The molecule has 1 aliphatic rings. The number of carbonyl (C=O) groups is 1. The number of carbonyl (C=O) groups excluding carboxylic acids is 1. The average Bonchev–Trinajstić information content (AvgIpc) is 3.35. The van der Waals surface area contributed by atoms with Gasteiger partial charge in [0, 0.05) is 24.7 Å². The van der Waals surface area contributed by atoms with Crippen LogP contribution in [0.1, 0.15) is 72.9 Å². The second-order valence-electron chi connectivity index (χ2n) is 7.45. The van der Waals surface area contributed by atoms with Crippen LogP contribution in [0.4, 0.5) is 0 Å². The number of aryl methyl sites for hydroxylation is 1. The highest BCUT2D eigenvalue weighted by Gasteiger charge is 2.29. The molecule has 142 valence electrons. The van der Waals surface area contributed by atoms with Gasteiger partial charge in [-0.25, -0.2) is 9.50 Å². The molecule has 1 aliphatic heterocycles. The zero-order chi connectivity index (χ0) is 19.0. The van der Waals surface area contributed by atoms with Gasteiger partial charge in [0.1, 0.15) is 12.0 Å². The van der Waals surface area contributed by atoms with Crippen molar-refractivity contribution >= 4 is 11.7 Å². The summed E-state index contributed by atoms with van der Waals surface area (Å²) in [5, 5.41) is 11.6. The molecule has 8 heteroatoms. The van der Waals surface area contributed by atoms with E-state index in [2.05, 4.69) is 46.0 Å². The third-order valence-electron chi connectivity index (χ3n) is 5.34. The molecule has 0 radical (unpaired) electrons. The lowest BCUT2D eigenvalue weighted by Crippen LogP contribution is -2.40. The van der Waals surface area contributed by atoms with Gasteiger partial charge in [-0.3, -0.25) is 9.89 Å². The number of aromatic nitrogens is 6. The molecule has 3 aromatic rings. The Morgan fingerprint density at radius 2 is 2.26 bits per heavy atom.